The molecular formula is C36H65O5. The Morgan fingerprint density at radius 1 is 0.317 bits per heavy atom. The predicted molar refractivity (Wildman–Crippen MR) is 173 cm³/mol. The summed E-state index contributed by atoms with van der Waals surface area (Å²) in [5, 5.41) is 0. The van der Waals surface area contributed by atoms with Crippen LogP contribution in [0.2, 0.25) is 0 Å². The van der Waals surface area contributed by atoms with Crippen LogP contribution in [0.25, 0.3) is 0 Å². The van der Waals surface area contributed by atoms with Crippen molar-refractivity contribution >= 4 is 0 Å². The zero-order chi connectivity index (χ0) is 29.8. The van der Waals surface area contributed by atoms with Crippen molar-refractivity contribution in [2.24, 2.45) is 0 Å². The van der Waals surface area contributed by atoms with Gasteiger partial charge in [-0.1, -0.05) is 131 Å². The Balaban J connectivity index is 3.33. The fraction of sp³-hybridized carbons (Fsp3) is 0.833. The van der Waals surface area contributed by atoms with Crippen molar-refractivity contribution in [1.82, 2.24) is 0 Å². The Kier molecular flexibility index (Phi) is 24.6. The third-order valence-electron chi connectivity index (χ3n) is 7.27. The minimum Gasteiger partial charge on any atom is -0.489 e. The lowest BCUT2D eigenvalue weighted by Gasteiger charge is -2.22. The van der Waals surface area contributed by atoms with Gasteiger partial charge < -0.3 is 23.7 Å². The molecule has 0 aliphatic heterocycles. The monoisotopic (exact) mass is 577 g/mol. The van der Waals surface area contributed by atoms with E-state index in [4.69, 9.17) is 23.7 Å². The molecule has 0 unspecified atom stereocenters. The number of hydrogen-bond acceptors (Lipinski definition) is 5. The first kappa shape index (κ1) is 37.2. The normalized spacial score (nSPS) is 11.0. The number of benzene rings is 1. The molecule has 5 nitrogen and oxygen atoms in total. The summed E-state index contributed by atoms with van der Waals surface area (Å²) in [5.41, 5.74) is 0. The van der Waals surface area contributed by atoms with Crippen LogP contribution in [0.15, 0.2) is 0 Å². The Morgan fingerprint density at radius 2 is 0.585 bits per heavy atom. The maximum absolute atomic E-state index is 6.51. The summed E-state index contributed by atoms with van der Waals surface area (Å²) in [5.74, 6) is 3.10. The Hall–Kier alpha value is -1.78. The van der Waals surface area contributed by atoms with Gasteiger partial charge in [-0.2, -0.15) is 0 Å². The van der Waals surface area contributed by atoms with Gasteiger partial charge in [0.2, 0.25) is 17.2 Å². The summed E-state index contributed by atoms with van der Waals surface area (Å²) < 4.78 is 32.1. The van der Waals surface area contributed by atoms with Crippen LogP contribution in [-0.4, -0.2) is 33.0 Å². The summed E-state index contributed by atoms with van der Waals surface area (Å²) in [6.07, 6.45) is 22.9. The quantitative estimate of drug-likeness (QED) is 0.0851. The maximum Gasteiger partial charge on any atom is 0.211 e. The average molecular weight is 578 g/mol. The van der Waals surface area contributed by atoms with Gasteiger partial charge in [0, 0.05) is 0 Å². The summed E-state index contributed by atoms with van der Waals surface area (Å²) >= 11 is 0. The first-order chi connectivity index (χ1) is 20.2. The van der Waals surface area contributed by atoms with Gasteiger partial charge in [-0.25, -0.2) is 0 Å². The summed E-state index contributed by atoms with van der Waals surface area (Å²) in [4.78, 5) is 0. The lowest BCUT2D eigenvalue weighted by atomic mass is 10.2. The number of unbranched alkanes of at least 4 members (excludes halogenated alkanes) is 15. The van der Waals surface area contributed by atoms with Crippen molar-refractivity contribution in [2.75, 3.05) is 33.0 Å². The molecule has 0 aromatic heterocycles. The molecule has 0 heterocycles. The van der Waals surface area contributed by atoms with E-state index < -0.39 is 0 Å². The topological polar surface area (TPSA) is 46.2 Å². The van der Waals surface area contributed by atoms with E-state index in [-0.39, 0.29) is 0 Å². The molecular weight excluding hydrogens is 512 g/mol. The minimum atomic E-state index is 0.599. The van der Waals surface area contributed by atoms with Crippen LogP contribution in [0.4, 0.5) is 0 Å². The molecule has 41 heavy (non-hydrogen) atoms. The van der Waals surface area contributed by atoms with Crippen molar-refractivity contribution in [3.63, 3.8) is 0 Å². The molecule has 1 radical (unpaired) electrons. The molecule has 1 rings (SSSR count). The van der Waals surface area contributed by atoms with Crippen molar-refractivity contribution in [3.8, 4) is 28.7 Å². The molecule has 0 aliphatic rings. The molecule has 5 heteroatoms. The Bertz CT molecular complexity index is 670. The van der Waals surface area contributed by atoms with E-state index in [0.29, 0.717) is 61.8 Å². The van der Waals surface area contributed by atoms with E-state index in [1.165, 1.54) is 64.2 Å². The molecule has 0 aliphatic carbocycles. The van der Waals surface area contributed by atoms with Gasteiger partial charge in [-0.05, 0) is 32.1 Å². The van der Waals surface area contributed by atoms with Gasteiger partial charge in [0.25, 0.3) is 0 Å². The fourth-order valence-corrected chi connectivity index (χ4v) is 4.64. The molecule has 0 saturated heterocycles. The minimum absolute atomic E-state index is 0.599. The zero-order valence-electron chi connectivity index (χ0n) is 27.7. The highest BCUT2D eigenvalue weighted by Gasteiger charge is 2.26. The summed E-state index contributed by atoms with van der Waals surface area (Å²) in [6.45, 7) is 14.3. The SMILES string of the molecule is CCCCCCOc1[c]c(OCCCCCC)c(OCCCCCC)c(OCCCCCC)c1OCCCCCC. The maximum atomic E-state index is 6.51. The molecule has 0 atom stereocenters. The highest BCUT2D eigenvalue weighted by atomic mass is 16.6. The third kappa shape index (κ3) is 17.7. The lowest BCUT2D eigenvalue weighted by molar-refractivity contribution is 0.207. The van der Waals surface area contributed by atoms with E-state index in [2.05, 4.69) is 40.7 Å². The van der Waals surface area contributed by atoms with Crippen LogP contribution in [0, 0.1) is 6.07 Å². The van der Waals surface area contributed by atoms with Crippen LogP contribution in [-0.2, 0) is 0 Å². The Morgan fingerprint density at radius 3 is 0.878 bits per heavy atom. The second-order valence-corrected chi connectivity index (χ2v) is 11.3. The van der Waals surface area contributed by atoms with E-state index >= 15 is 0 Å². The molecule has 0 bridgehead atoms. The second kappa shape index (κ2) is 27.1. The molecule has 0 spiro atoms. The van der Waals surface area contributed by atoms with E-state index in [1.807, 2.05) is 0 Å². The average Bonchev–Trinajstić information content (AvgIpc) is 2.98. The molecule has 239 valence electrons. The molecule has 1 aromatic carbocycles. The van der Waals surface area contributed by atoms with Gasteiger partial charge in [-0.15, -0.1) is 0 Å². The summed E-state index contributed by atoms with van der Waals surface area (Å²) in [6, 6.07) is 3.44. The highest BCUT2D eigenvalue weighted by molar-refractivity contribution is 5.65. The van der Waals surface area contributed by atoms with Crippen LogP contribution in [0.1, 0.15) is 163 Å². The van der Waals surface area contributed by atoms with Gasteiger partial charge >= 0.3 is 0 Å². The largest absolute Gasteiger partial charge is 0.489 e. The zero-order valence-corrected chi connectivity index (χ0v) is 27.7. The second-order valence-electron chi connectivity index (χ2n) is 11.3. The number of rotatable bonds is 30. The van der Waals surface area contributed by atoms with E-state index in [1.54, 1.807) is 0 Å². The van der Waals surface area contributed by atoms with E-state index in [0.717, 1.165) is 64.2 Å². The summed E-state index contributed by atoms with van der Waals surface area (Å²) in [7, 11) is 0. The predicted octanol–water partition coefficient (Wildman–Crippen LogP) is 11.3. The van der Waals surface area contributed by atoms with Crippen LogP contribution >= 0.6 is 0 Å². The lowest BCUT2D eigenvalue weighted by Crippen LogP contribution is -2.11. The first-order valence-corrected chi connectivity index (χ1v) is 17.5. The van der Waals surface area contributed by atoms with Crippen molar-refractivity contribution in [3.05, 3.63) is 6.07 Å². The molecule has 1 aromatic rings. The molecule has 0 saturated carbocycles. The number of ether oxygens (including phenoxy) is 5. The van der Waals surface area contributed by atoms with Crippen molar-refractivity contribution in [2.45, 2.75) is 163 Å². The van der Waals surface area contributed by atoms with Crippen LogP contribution in [0.3, 0.4) is 0 Å². The number of hydrogen-bond donors (Lipinski definition) is 0. The standard InChI is InChI=1S/C36H65O5/c1-6-11-16-21-26-37-32-31-33(38-27-22-17-12-7-2)35(40-29-24-19-14-9-4)36(41-30-25-20-15-10-5)34(32)39-28-23-18-13-8-3/h6-30H2,1-5H3. The smallest absolute Gasteiger partial charge is 0.211 e. The molecule has 0 fully saturated rings. The fourth-order valence-electron chi connectivity index (χ4n) is 4.64. The molecule has 0 amide bonds. The highest BCUT2D eigenvalue weighted by Crippen LogP contribution is 2.50. The third-order valence-corrected chi connectivity index (χ3v) is 7.27. The Labute approximate surface area is 254 Å². The van der Waals surface area contributed by atoms with Gasteiger partial charge in [0.05, 0.1) is 39.1 Å². The first-order valence-electron chi connectivity index (χ1n) is 17.5. The van der Waals surface area contributed by atoms with Gasteiger partial charge in [-0.3, -0.25) is 0 Å². The van der Waals surface area contributed by atoms with Gasteiger partial charge in [0.15, 0.2) is 11.5 Å². The van der Waals surface area contributed by atoms with Crippen molar-refractivity contribution in [1.29, 1.82) is 0 Å². The van der Waals surface area contributed by atoms with Crippen molar-refractivity contribution < 1.29 is 23.7 Å². The molecule has 0 N–H and O–H groups in total. The van der Waals surface area contributed by atoms with E-state index in [9.17, 15) is 0 Å². The van der Waals surface area contributed by atoms with Crippen LogP contribution in [0.5, 0.6) is 28.7 Å². The van der Waals surface area contributed by atoms with Crippen LogP contribution < -0.4 is 23.7 Å². The van der Waals surface area contributed by atoms with Gasteiger partial charge in [0.1, 0.15) is 0 Å².